The number of Topliss-reactive ketones (excluding diaryl/α,β-unsaturated/α-hetero) is 1. The van der Waals surface area contributed by atoms with Crippen molar-refractivity contribution < 1.29 is 28.7 Å². The zero-order chi connectivity index (χ0) is 17.4. The average Bonchev–Trinajstić information content (AvgIpc) is 2.51. The van der Waals surface area contributed by atoms with Crippen molar-refractivity contribution in [3.63, 3.8) is 0 Å². The molecule has 130 valence electrons. The number of amides is 2. The molecule has 0 aromatic rings. The van der Waals surface area contributed by atoms with Gasteiger partial charge in [-0.1, -0.05) is 13.3 Å². The predicted octanol–water partition coefficient (Wildman–Crippen LogP) is 0.982. The van der Waals surface area contributed by atoms with Crippen molar-refractivity contribution in [1.82, 2.24) is 10.2 Å². The van der Waals surface area contributed by atoms with E-state index in [0.717, 1.165) is 12.8 Å². The van der Waals surface area contributed by atoms with Crippen molar-refractivity contribution in [2.45, 2.75) is 58.3 Å². The minimum absolute atomic E-state index is 0.0198. The van der Waals surface area contributed by atoms with Crippen LogP contribution in [-0.2, 0) is 23.9 Å². The second-order valence-electron chi connectivity index (χ2n) is 5.46. The molecule has 1 fully saturated rings. The lowest BCUT2D eigenvalue weighted by Gasteiger charge is -2.30. The lowest BCUT2D eigenvalue weighted by Crippen LogP contribution is -2.45. The summed E-state index contributed by atoms with van der Waals surface area (Å²) < 4.78 is 10.1. The number of carbonyl (C=O) groups is 4. The first-order chi connectivity index (χ1) is 10.8. The summed E-state index contributed by atoms with van der Waals surface area (Å²) in [5, 5.41) is 2.30. The number of likely N-dealkylation sites (N-methyl/N-ethyl adjacent to an activating group) is 1. The van der Waals surface area contributed by atoms with Crippen LogP contribution in [0.25, 0.3) is 0 Å². The zero-order valence-corrected chi connectivity index (χ0v) is 13.8. The van der Waals surface area contributed by atoms with Crippen LogP contribution in [-0.4, -0.2) is 54.6 Å². The first kappa shape index (κ1) is 18.9. The fourth-order valence-corrected chi connectivity index (χ4v) is 2.27. The SMILES string of the molecule is CCC(OC(=O)CNC(C)=O)OC(=O)N(C)[C@@H]1CCCCC1=O. The van der Waals surface area contributed by atoms with E-state index in [2.05, 4.69) is 5.32 Å². The number of nitrogens with zero attached hydrogens (tertiary/aromatic N) is 1. The molecule has 1 unspecified atom stereocenters. The Balaban J connectivity index is 2.50. The third-order valence-electron chi connectivity index (χ3n) is 3.59. The van der Waals surface area contributed by atoms with E-state index in [1.54, 1.807) is 6.92 Å². The van der Waals surface area contributed by atoms with Gasteiger partial charge in [0.1, 0.15) is 6.54 Å². The lowest BCUT2D eigenvalue weighted by molar-refractivity contribution is -0.169. The molecule has 0 bridgehead atoms. The molecule has 1 aliphatic rings. The first-order valence-electron chi connectivity index (χ1n) is 7.75. The molecule has 0 spiro atoms. The van der Waals surface area contributed by atoms with Gasteiger partial charge in [-0.2, -0.15) is 0 Å². The number of esters is 1. The Morgan fingerprint density at radius 2 is 2.00 bits per heavy atom. The molecular weight excluding hydrogens is 304 g/mol. The Labute approximate surface area is 135 Å². The van der Waals surface area contributed by atoms with Crippen molar-refractivity contribution in [2.24, 2.45) is 0 Å². The van der Waals surface area contributed by atoms with Gasteiger partial charge >= 0.3 is 12.1 Å². The highest BCUT2D eigenvalue weighted by atomic mass is 16.7. The molecule has 1 rings (SSSR count). The Bertz CT molecular complexity index is 465. The molecule has 0 radical (unpaired) electrons. The van der Waals surface area contributed by atoms with Crippen molar-refractivity contribution in [2.75, 3.05) is 13.6 Å². The summed E-state index contributed by atoms with van der Waals surface area (Å²) in [5.41, 5.74) is 0. The van der Waals surface area contributed by atoms with Crippen LogP contribution in [0.4, 0.5) is 4.79 Å². The largest absolute Gasteiger partial charge is 0.424 e. The van der Waals surface area contributed by atoms with Crippen molar-refractivity contribution in [1.29, 1.82) is 0 Å². The monoisotopic (exact) mass is 328 g/mol. The topological polar surface area (TPSA) is 102 Å². The van der Waals surface area contributed by atoms with Crippen LogP contribution in [0, 0.1) is 0 Å². The predicted molar refractivity (Wildman–Crippen MR) is 80.4 cm³/mol. The smallest absolute Gasteiger partial charge is 0.413 e. The molecule has 2 amide bonds. The molecule has 8 heteroatoms. The quantitative estimate of drug-likeness (QED) is 0.576. The van der Waals surface area contributed by atoms with E-state index >= 15 is 0 Å². The average molecular weight is 328 g/mol. The minimum Gasteiger partial charge on any atom is -0.424 e. The van der Waals surface area contributed by atoms with Crippen molar-refractivity contribution in [3.05, 3.63) is 0 Å². The molecular formula is C15H24N2O6. The van der Waals surface area contributed by atoms with Gasteiger partial charge in [0.05, 0.1) is 6.04 Å². The van der Waals surface area contributed by atoms with Crippen molar-refractivity contribution in [3.8, 4) is 0 Å². The fraction of sp³-hybridized carbons (Fsp3) is 0.733. The Kier molecular flexibility index (Phi) is 7.50. The Hall–Kier alpha value is -2.12. The van der Waals surface area contributed by atoms with Gasteiger partial charge in [0.25, 0.3) is 0 Å². The molecule has 0 aromatic carbocycles. The zero-order valence-electron chi connectivity index (χ0n) is 13.8. The summed E-state index contributed by atoms with van der Waals surface area (Å²) in [6, 6.07) is -0.483. The van der Waals surface area contributed by atoms with Gasteiger partial charge in [-0.05, 0) is 12.8 Å². The van der Waals surface area contributed by atoms with E-state index in [1.807, 2.05) is 0 Å². The van der Waals surface area contributed by atoms with Crippen LogP contribution in [0.2, 0.25) is 0 Å². The number of nitrogens with one attached hydrogen (secondary N) is 1. The number of hydrogen-bond acceptors (Lipinski definition) is 6. The third-order valence-corrected chi connectivity index (χ3v) is 3.59. The summed E-state index contributed by atoms with van der Waals surface area (Å²) in [7, 11) is 1.50. The molecule has 0 saturated heterocycles. The van der Waals surface area contributed by atoms with Crippen molar-refractivity contribution >= 4 is 23.8 Å². The molecule has 2 atom stereocenters. The molecule has 8 nitrogen and oxygen atoms in total. The highest BCUT2D eigenvalue weighted by molar-refractivity contribution is 5.88. The van der Waals surface area contributed by atoms with Crippen LogP contribution in [0.3, 0.4) is 0 Å². The summed E-state index contributed by atoms with van der Waals surface area (Å²) >= 11 is 0. The number of rotatable bonds is 6. The lowest BCUT2D eigenvalue weighted by atomic mass is 9.93. The summed E-state index contributed by atoms with van der Waals surface area (Å²) in [5.74, 6) is -1.04. The van der Waals surface area contributed by atoms with Crippen LogP contribution < -0.4 is 5.32 Å². The summed E-state index contributed by atoms with van der Waals surface area (Å²) in [4.78, 5) is 47.5. The van der Waals surface area contributed by atoms with Gasteiger partial charge in [0.2, 0.25) is 12.2 Å². The number of hydrogen-bond donors (Lipinski definition) is 1. The molecule has 1 saturated carbocycles. The maximum atomic E-state index is 12.1. The van der Waals surface area contributed by atoms with E-state index in [9.17, 15) is 19.2 Å². The molecule has 1 N–H and O–H groups in total. The molecule has 1 aliphatic carbocycles. The van der Waals surface area contributed by atoms with Gasteiger partial charge in [-0.3, -0.25) is 14.4 Å². The summed E-state index contributed by atoms with van der Waals surface area (Å²) in [6.45, 7) is 2.68. The Morgan fingerprint density at radius 3 is 2.57 bits per heavy atom. The maximum Gasteiger partial charge on any atom is 0.413 e. The van der Waals surface area contributed by atoms with Crippen LogP contribution in [0.15, 0.2) is 0 Å². The Morgan fingerprint density at radius 1 is 1.30 bits per heavy atom. The second kappa shape index (κ2) is 9.12. The standard InChI is InChI=1S/C15H24N2O6/c1-4-14(22-13(20)9-16-10(2)18)23-15(21)17(3)11-7-5-6-8-12(11)19/h11,14H,4-9H2,1-3H3,(H,16,18)/t11-,14?/m1/s1. The first-order valence-corrected chi connectivity index (χ1v) is 7.75. The minimum atomic E-state index is -1.05. The van der Waals surface area contributed by atoms with Gasteiger partial charge in [-0.15, -0.1) is 0 Å². The van der Waals surface area contributed by atoms with Gasteiger partial charge in [-0.25, -0.2) is 4.79 Å². The van der Waals surface area contributed by atoms with E-state index in [0.29, 0.717) is 12.8 Å². The number of ether oxygens (including phenoxy) is 2. The number of ketones is 1. The van der Waals surface area contributed by atoms with Crippen LogP contribution in [0.1, 0.15) is 46.0 Å². The van der Waals surface area contributed by atoms with E-state index < -0.39 is 24.4 Å². The highest BCUT2D eigenvalue weighted by Crippen LogP contribution is 2.19. The van der Waals surface area contributed by atoms with E-state index in [4.69, 9.17) is 9.47 Å². The second-order valence-corrected chi connectivity index (χ2v) is 5.46. The normalized spacial score (nSPS) is 18.7. The van der Waals surface area contributed by atoms with E-state index in [-0.39, 0.29) is 24.7 Å². The maximum absolute atomic E-state index is 12.1. The highest BCUT2D eigenvalue weighted by Gasteiger charge is 2.31. The van der Waals surface area contributed by atoms with Gasteiger partial charge in [0.15, 0.2) is 5.78 Å². The number of carbonyl (C=O) groups excluding carboxylic acids is 4. The third kappa shape index (κ3) is 6.25. The fourth-order valence-electron chi connectivity index (χ4n) is 2.27. The van der Waals surface area contributed by atoms with Crippen LogP contribution in [0.5, 0.6) is 0 Å². The molecule has 0 aromatic heterocycles. The van der Waals surface area contributed by atoms with E-state index in [1.165, 1.54) is 18.9 Å². The van der Waals surface area contributed by atoms with Crippen LogP contribution >= 0.6 is 0 Å². The molecule has 0 heterocycles. The van der Waals surface area contributed by atoms with Gasteiger partial charge < -0.3 is 19.7 Å². The summed E-state index contributed by atoms with van der Waals surface area (Å²) in [6.07, 6.45) is 1.32. The molecule has 0 aliphatic heterocycles. The molecule has 23 heavy (non-hydrogen) atoms. The van der Waals surface area contributed by atoms with Gasteiger partial charge in [0, 0.05) is 26.8 Å².